The molecule has 2 heterocycles. The van der Waals surface area contributed by atoms with E-state index in [4.69, 9.17) is 0 Å². The highest BCUT2D eigenvalue weighted by Crippen LogP contribution is 2.26. The van der Waals surface area contributed by atoms with Gasteiger partial charge >= 0.3 is 0 Å². The monoisotopic (exact) mass is 311 g/mol. The molecule has 1 aliphatic rings. The molecule has 3 rings (SSSR count). The van der Waals surface area contributed by atoms with Gasteiger partial charge in [0.1, 0.15) is 5.69 Å². The van der Waals surface area contributed by atoms with Crippen molar-refractivity contribution in [1.82, 2.24) is 26.1 Å². The summed E-state index contributed by atoms with van der Waals surface area (Å²) in [5, 5.41) is 2.93. The molecule has 2 atom stereocenters. The average molecular weight is 311 g/mol. The molecule has 1 saturated heterocycles. The minimum absolute atomic E-state index is 0.143. The summed E-state index contributed by atoms with van der Waals surface area (Å²) in [6, 6.07) is 4.59. The van der Waals surface area contributed by atoms with E-state index in [1.807, 2.05) is 0 Å². The number of aryl methyl sites for hydroxylation is 3. The fourth-order valence-electron chi connectivity index (χ4n) is 2.86. The van der Waals surface area contributed by atoms with Crippen molar-refractivity contribution in [2.45, 2.75) is 39.4 Å². The minimum atomic E-state index is -0.227. The molecule has 23 heavy (non-hydrogen) atoms. The smallest absolute Gasteiger partial charge is 0.272 e. The number of hydrogen-bond donors (Lipinski definition) is 3. The molecule has 6 heteroatoms. The van der Waals surface area contributed by atoms with Gasteiger partial charge in [0.15, 0.2) is 0 Å². The number of carbonyl (C=O) groups excluding carboxylic acids is 1. The molecule has 1 aromatic carbocycles. The zero-order valence-corrected chi connectivity index (χ0v) is 13.6. The molecular weight excluding hydrogens is 290 g/mol. The van der Waals surface area contributed by atoms with Crippen molar-refractivity contribution < 1.29 is 4.79 Å². The molecule has 0 bridgehead atoms. The van der Waals surface area contributed by atoms with Gasteiger partial charge in [0.2, 0.25) is 0 Å². The fraction of sp³-hybridized carbons (Fsp3) is 0.353. The van der Waals surface area contributed by atoms with Crippen LogP contribution < -0.4 is 16.2 Å². The van der Waals surface area contributed by atoms with Gasteiger partial charge in [0, 0.05) is 24.9 Å². The zero-order valence-electron chi connectivity index (χ0n) is 13.6. The molecular formula is C17H21N5O. The summed E-state index contributed by atoms with van der Waals surface area (Å²) in [4.78, 5) is 20.1. The molecule has 1 aromatic heterocycles. The van der Waals surface area contributed by atoms with Crippen molar-refractivity contribution in [3.8, 4) is 0 Å². The normalized spacial score (nSPS) is 20.5. The van der Waals surface area contributed by atoms with Crippen molar-refractivity contribution in [3.63, 3.8) is 0 Å². The molecule has 1 fully saturated rings. The van der Waals surface area contributed by atoms with Gasteiger partial charge in [-0.1, -0.05) is 12.1 Å². The summed E-state index contributed by atoms with van der Waals surface area (Å²) in [5.41, 5.74) is 11.8. The molecule has 2 unspecified atom stereocenters. The second-order valence-electron chi connectivity index (χ2n) is 5.99. The van der Waals surface area contributed by atoms with Crippen LogP contribution in [0.15, 0.2) is 30.7 Å². The van der Waals surface area contributed by atoms with Crippen LogP contribution >= 0.6 is 0 Å². The Balaban J connectivity index is 1.67. The molecule has 0 aliphatic carbocycles. The van der Waals surface area contributed by atoms with Crippen LogP contribution in [0.5, 0.6) is 0 Å². The standard InChI is InChI=1S/C17H21N5O/c1-10-6-12(3)13(7-11(10)2)14-8-16(22-21-14)20-17(23)15-9-18-4-5-19-15/h4-7,9,14,16,21-22H,8H2,1-3H3,(H,20,23). The molecule has 1 aliphatic heterocycles. The Kier molecular flexibility index (Phi) is 4.36. The summed E-state index contributed by atoms with van der Waals surface area (Å²) in [6.07, 6.45) is 5.15. The Morgan fingerprint density at radius 3 is 2.65 bits per heavy atom. The summed E-state index contributed by atoms with van der Waals surface area (Å²) < 4.78 is 0. The van der Waals surface area contributed by atoms with Gasteiger partial charge in [-0.05, 0) is 43.0 Å². The zero-order chi connectivity index (χ0) is 16.4. The lowest BCUT2D eigenvalue weighted by Gasteiger charge is -2.15. The summed E-state index contributed by atoms with van der Waals surface area (Å²) >= 11 is 0. The van der Waals surface area contributed by atoms with Crippen LogP contribution in [0, 0.1) is 20.8 Å². The number of nitrogens with zero attached hydrogens (tertiary/aromatic N) is 2. The predicted molar refractivity (Wildman–Crippen MR) is 87.6 cm³/mol. The summed E-state index contributed by atoms with van der Waals surface area (Å²) in [7, 11) is 0. The van der Waals surface area contributed by atoms with Crippen LogP contribution in [-0.2, 0) is 0 Å². The van der Waals surface area contributed by atoms with Crippen LogP contribution in [0.3, 0.4) is 0 Å². The highest BCUT2D eigenvalue weighted by Gasteiger charge is 2.27. The number of nitrogens with one attached hydrogen (secondary N) is 3. The third-order valence-corrected chi connectivity index (χ3v) is 4.26. The predicted octanol–water partition coefficient (Wildman–Crippen LogP) is 1.70. The van der Waals surface area contributed by atoms with E-state index in [1.54, 1.807) is 6.20 Å². The number of benzene rings is 1. The average Bonchev–Trinajstić information content (AvgIpc) is 3.00. The van der Waals surface area contributed by atoms with Gasteiger partial charge in [-0.3, -0.25) is 9.78 Å². The first-order chi connectivity index (χ1) is 11.0. The third kappa shape index (κ3) is 3.38. The van der Waals surface area contributed by atoms with Gasteiger partial charge in [0.25, 0.3) is 5.91 Å². The molecule has 2 aromatic rings. The lowest BCUT2D eigenvalue weighted by molar-refractivity contribution is 0.0927. The number of hydrogen-bond acceptors (Lipinski definition) is 5. The van der Waals surface area contributed by atoms with Crippen LogP contribution in [0.2, 0.25) is 0 Å². The Morgan fingerprint density at radius 2 is 1.91 bits per heavy atom. The summed E-state index contributed by atoms with van der Waals surface area (Å²) in [6.45, 7) is 6.36. The number of rotatable bonds is 3. The first-order valence-electron chi connectivity index (χ1n) is 7.70. The minimum Gasteiger partial charge on any atom is -0.334 e. The van der Waals surface area contributed by atoms with Gasteiger partial charge < -0.3 is 5.32 Å². The van der Waals surface area contributed by atoms with E-state index in [-0.39, 0.29) is 18.1 Å². The van der Waals surface area contributed by atoms with Gasteiger partial charge in [-0.2, -0.15) is 0 Å². The Labute approximate surface area is 135 Å². The molecule has 0 radical (unpaired) electrons. The van der Waals surface area contributed by atoms with Crippen LogP contribution in [0.1, 0.15) is 45.2 Å². The number of hydrazine groups is 1. The first-order valence-corrected chi connectivity index (χ1v) is 7.70. The van der Waals surface area contributed by atoms with E-state index in [9.17, 15) is 4.79 Å². The fourth-order valence-corrected chi connectivity index (χ4v) is 2.86. The maximum Gasteiger partial charge on any atom is 0.272 e. The third-order valence-electron chi connectivity index (χ3n) is 4.26. The largest absolute Gasteiger partial charge is 0.334 e. The van der Waals surface area contributed by atoms with E-state index < -0.39 is 0 Å². The highest BCUT2D eigenvalue weighted by molar-refractivity contribution is 5.92. The van der Waals surface area contributed by atoms with Gasteiger partial charge in [-0.15, -0.1) is 0 Å². The quantitative estimate of drug-likeness (QED) is 0.804. The molecule has 1 amide bonds. The van der Waals surface area contributed by atoms with Crippen molar-refractivity contribution >= 4 is 5.91 Å². The lowest BCUT2D eigenvalue weighted by atomic mass is 9.94. The lowest BCUT2D eigenvalue weighted by Crippen LogP contribution is -2.44. The second-order valence-corrected chi connectivity index (χ2v) is 5.99. The topological polar surface area (TPSA) is 78.9 Å². The molecule has 6 nitrogen and oxygen atoms in total. The first kappa shape index (κ1) is 15.6. The van der Waals surface area contributed by atoms with Crippen molar-refractivity contribution in [2.75, 3.05) is 0 Å². The number of aromatic nitrogens is 2. The Morgan fingerprint density at radius 1 is 1.13 bits per heavy atom. The molecule has 0 saturated carbocycles. The van der Waals surface area contributed by atoms with Crippen LogP contribution in [0.4, 0.5) is 0 Å². The molecule has 0 spiro atoms. The van der Waals surface area contributed by atoms with E-state index >= 15 is 0 Å². The van der Waals surface area contributed by atoms with Gasteiger partial charge in [0.05, 0.1) is 12.4 Å². The molecule has 3 N–H and O–H groups in total. The van der Waals surface area contributed by atoms with E-state index in [1.165, 1.54) is 34.6 Å². The van der Waals surface area contributed by atoms with Crippen molar-refractivity contribution in [3.05, 3.63) is 58.7 Å². The van der Waals surface area contributed by atoms with Crippen molar-refractivity contribution in [2.24, 2.45) is 0 Å². The second kappa shape index (κ2) is 6.44. The Bertz CT molecular complexity index is 716. The highest BCUT2D eigenvalue weighted by atomic mass is 16.2. The van der Waals surface area contributed by atoms with E-state index in [0.717, 1.165) is 6.42 Å². The van der Waals surface area contributed by atoms with Crippen molar-refractivity contribution in [1.29, 1.82) is 0 Å². The number of carbonyl (C=O) groups is 1. The maximum absolute atomic E-state index is 12.1. The summed E-state index contributed by atoms with van der Waals surface area (Å²) in [5.74, 6) is -0.227. The van der Waals surface area contributed by atoms with Crippen LogP contribution in [0.25, 0.3) is 0 Å². The van der Waals surface area contributed by atoms with E-state index in [2.05, 4.69) is 59.0 Å². The number of amides is 1. The van der Waals surface area contributed by atoms with Gasteiger partial charge in [-0.25, -0.2) is 15.8 Å². The molecule has 120 valence electrons. The SMILES string of the molecule is Cc1cc(C)c(C2CC(NC(=O)c3cnccn3)NN2)cc1C. The Hall–Kier alpha value is -2.31. The van der Waals surface area contributed by atoms with E-state index in [0.29, 0.717) is 5.69 Å². The van der Waals surface area contributed by atoms with Crippen LogP contribution in [-0.4, -0.2) is 22.0 Å². The maximum atomic E-state index is 12.1.